The van der Waals surface area contributed by atoms with Crippen LogP contribution >= 0.6 is 0 Å². The lowest BCUT2D eigenvalue weighted by molar-refractivity contribution is 1.48. The van der Waals surface area contributed by atoms with Gasteiger partial charge in [-0.2, -0.15) is 4.91 Å². The van der Waals surface area contributed by atoms with Gasteiger partial charge in [0.1, 0.15) is 0 Å². The molecule has 0 atom stereocenters. The number of hydrogen-bond acceptors (Lipinski definition) is 2. The first-order valence-corrected chi connectivity index (χ1v) is 2.61. The van der Waals surface area contributed by atoms with E-state index in [-0.39, 0.29) is 0 Å². The van der Waals surface area contributed by atoms with Gasteiger partial charge in [0.25, 0.3) is 0 Å². The Hall–Kier alpha value is -1.18. The van der Waals surface area contributed by atoms with E-state index in [2.05, 4.69) is 24.7 Å². The summed E-state index contributed by atoms with van der Waals surface area (Å²) in [5, 5.41) is 0. The van der Waals surface area contributed by atoms with E-state index >= 15 is 0 Å². The first kappa shape index (κ1) is 7.82. The highest BCUT2D eigenvalue weighted by Crippen LogP contribution is 1.92. The fourth-order valence-electron chi connectivity index (χ4n) is 0.534. The second kappa shape index (κ2) is 4.97. The smallest absolute Gasteiger partial charge is 0.0398 e. The van der Waals surface area contributed by atoms with E-state index in [0.29, 0.717) is 0 Å². The van der Waals surface area contributed by atoms with Gasteiger partial charge in [-0.1, -0.05) is 41.5 Å². The Kier molecular flexibility index (Phi) is 4.32. The van der Waals surface area contributed by atoms with Crippen LogP contribution in [0.1, 0.15) is 5.56 Å². The second-order valence-electron chi connectivity index (χ2n) is 1.65. The molecule has 0 aliphatic carbocycles. The predicted molar refractivity (Wildman–Crippen MR) is 37.3 cm³/mol. The van der Waals surface area contributed by atoms with Crippen LogP contribution < -0.4 is 0 Å². The standard InChI is InChI=1S/C7H8.HNO/c1-7-5-3-2-4-6-7;1-2/h2-6H,1H3;1H. The molecule has 0 fully saturated rings. The van der Waals surface area contributed by atoms with E-state index in [1.165, 1.54) is 5.56 Å². The third kappa shape index (κ3) is 3.41. The van der Waals surface area contributed by atoms with E-state index < -0.39 is 0 Å². The van der Waals surface area contributed by atoms with Crippen molar-refractivity contribution in [2.75, 3.05) is 0 Å². The monoisotopic (exact) mass is 123 g/mol. The Bertz CT molecular complexity index is 150. The molecule has 2 nitrogen and oxygen atoms in total. The highest BCUT2D eigenvalue weighted by atomic mass is 16.2. The lowest BCUT2D eigenvalue weighted by Crippen LogP contribution is -1.62. The molecule has 1 rings (SSSR count). The summed E-state index contributed by atoms with van der Waals surface area (Å²) in [7, 11) is 0. The topological polar surface area (TPSA) is 40.9 Å². The lowest BCUT2D eigenvalue weighted by atomic mass is 10.2. The fraction of sp³-hybridized carbons (Fsp3) is 0.143. The highest BCUT2D eigenvalue weighted by Gasteiger charge is 1.72. The number of nitrogens with one attached hydrogen (secondary N) is 1. The molecule has 0 bridgehead atoms. The molecule has 0 amide bonds. The normalized spacial score (nSPS) is 7.22. The molecule has 0 radical (unpaired) electrons. The van der Waals surface area contributed by atoms with E-state index in [0.717, 1.165) is 0 Å². The van der Waals surface area contributed by atoms with Gasteiger partial charge in [0.05, 0.1) is 0 Å². The maximum Gasteiger partial charge on any atom is -0.0398 e. The maximum atomic E-state index is 7.50. The molecule has 48 valence electrons. The van der Waals surface area contributed by atoms with E-state index in [9.17, 15) is 0 Å². The van der Waals surface area contributed by atoms with Gasteiger partial charge in [-0.05, 0) is 6.92 Å². The van der Waals surface area contributed by atoms with Gasteiger partial charge in [0.2, 0.25) is 0 Å². The van der Waals surface area contributed by atoms with Gasteiger partial charge >= 0.3 is 0 Å². The first-order valence-electron chi connectivity index (χ1n) is 2.61. The number of nitroso groups, excluding NO2 is 1. The van der Waals surface area contributed by atoms with Crippen molar-refractivity contribution in [2.24, 2.45) is 0 Å². The van der Waals surface area contributed by atoms with Crippen LogP contribution in [0, 0.1) is 17.4 Å². The summed E-state index contributed by atoms with van der Waals surface area (Å²) in [5.74, 6) is 0. The summed E-state index contributed by atoms with van der Waals surface area (Å²) in [4.78, 5) is 7.50. The van der Waals surface area contributed by atoms with Gasteiger partial charge < -0.3 is 0 Å². The minimum absolute atomic E-state index is 1.32. The largest absolute Gasteiger partial charge is 0.154 e. The van der Waals surface area contributed by atoms with Crippen LogP contribution in [0.2, 0.25) is 0 Å². The third-order valence-electron chi connectivity index (χ3n) is 0.940. The number of hydrogen-bond donors (Lipinski definition) is 1. The van der Waals surface area contributed by atoms with Gasteiger partial charge in [0.15, 0.2) is 0 Å². The van der Waals surface area contributed by atoms with Gasteiger partial charge in [-0.25, -0.2) is 0 Å². The van der Waals surface area contributed by atoms with Crippen molar-refractivity contribution in [3.05, 3.63) is 40.8 Å². The van der Waals surface area contributed by atoms with E-state index in [4.69, 9.17) is 4.91 Å². The highest BCUT2D eigenvalue weighted by molar-refractivity contribution is 5.11. The van der Waals surface area contributed by atoms with Gasteiger partial charge in [-0.15, -0.1) is 0 Å². The first-order chi connectivity index (χ1) is 4.39. The summed E-state index contributed by atoms with van der Waals surface area (Å²) in [6.07, 6.45) is 0. The molecule has 0 aromatic heterocycles. The van der Waals surface area contributed by atoms with Crippen molar-refractivity contribution in [3.63, 3.8) is 0 Å². The van der Waals surface area contributed by atoms with Crippen LogP contribution in [-0.2, 0) is 0 Å². The summed E-state index contributed by atoms with van der Waals surface area (Å²) in [6, 6.07) is 10.3. The molecular formula is C7H9NO. The molecule has 0 aliphatic rings. The van der Waals surface area contributed by atoms with E-state index in [1.54, 1.807) is 0 Å². The molecule has 0 saturated carbocycles. The molecular weight excluding hydrogens is 114 g/mol. The van der Waals surface area contributed by atoms with Crippen LogP contribution in [0.25, 0.3) is 0 Å². The molecule has 1 aromatic rings. The molecule has 0 unspecified atom stereocenters. The van der Waals surface area contributed by atoms with Gasteiger partial charge in [0, 0.05) is 0 Å². The fourth-order valence-corrected chi connectivity index (χ4v) is 0.534. The van der Waals surface area contributed by atoms with Gasteiger partial charge in [-0.3, -0.25) is 0 Å². The number of aryl methyl sites for hydroxylation is 1. The molecule has 1 aromatic carbocycles. The zero-order chi connectivity index (χ0) is 7.11. The van der Waals surface area contributed by atoms with Crippen LogP contribution in [-0.4, -0.2) is 0 Å². The third-order valence-corrected chi connectivity index (χ3v) is 0.940. The summed E-state index contributed by atoms with van der Waals surface area (Å²) < 4.78 is 0. The average molecular weight is 123 g/mol. The van der Waals surface area contributed by atoms with Crippen molar-refractivity contribution in [3.8, 4) is 0 Å². The maximum absolute atomic E-state index is 7.50. The molecule has 2 heteroatoms. The molecule has 0 saturated heterocycles. The Morgan fingerprint density at radius 2 is 1.56 bits per heavy atom. The van der Waals surface area contributed by atoms with E-state index in [1.807, 2.05) is 18.2 Å². The molecule has 9 heavy (non-hydrogen) atoms. The zero-order valence-corrected chi connectivity index (χ0v) is 5.29. The van der Waals surface area contributed by atoms with Crippen molar-refractivity contribution >= 4 is 0 Å². The summed E-state index contributed by atoms with van der Waals surface area (Å²) >= 11 is 0. The van der Waals surface area contributed by atoms with Crippen LogP contribution in [0.4, 0.5) is 0 Å². The lowest BCUT2D eigenvalue weighted by Gasteiger charge is -1.82. The quantitative estimate of drug-likeness (QED) is 0.528. The second-order valence-corrected chi connectivity index (χ2v) is 1.65. The Labute approximate surface area is 54.3 Å². The minimum Gasteiger partial charge on any atom is -0.154 e. The summed E-state index contributed by atoms with van der Waals surface area (Å²) in [6.45, 7) is 2.08. The van der Waals surface area contributed by atoms with Crippen LogP contribution in [0.3, 0.4) is 0 Å². The Morgan fingerprint density at radius 3 is 1.78 bits per heavy atom. The van der Waals surface area contributed by atoms with Crippen molar-refractivity contribution < 1.29 is 0 Å². The zero-order valence-electron chi connectivity index (χ0n) is 5.29. The van der Waals surface area contributed by atoms with Crippen molar-refractivity contribution in [1.82, 2.24) is 0 Å². The summed E-state index contributed by atoms with van der Waals surface area (Å²) in [5.41, 5.74) is 5.82. The van der Waals surface area contributed by atoms with Crippen LogP contribution in [0.5, 0.6) is 0 Å². The number of rotatable bonds is 0. The Balaban J connectivity index is 0.000000291. The molecule has 0 spiro atoms. The van der Waals surface area contributed by atoms with Crippen LogP contribution in [0.15, 0.2) is 30.3 Å². The number of benzene rings is 1. The SMILES string of the molecule is Cc1ccccc1.N=O. The predicted octanol–water partition coefficient (Wildman–Crippen LogP) is 2.33. The minimum atomic E-state index is 1.32. The molecule has 1 N–H and O–H groups in total. The van der Waals surface area contributed by atoms with Crippen molar-refractivity contribution in [1.29, 1.82) is 5.59 Å². The average Bonchev–Trinajstić information content (AvgIpc) is 1.94. The van der Waals surface area contributed by atoms with Crippen molar-refractivity contribution in [2.45, 2.75) is 6.92 Å². The molecule has 0 heterocycles. The Morgan fingerprint density at radius 1 is 1.11 bits per heavy atom. The molecule has 0 aliphatic heterocycles.